The van der Waals surface area contributed by atoms with E-state index in [4.69, 9.17) is 9.47 Å². The van der Waals surface area contributed by atoms with Crippen LogP contribution < -0.4 is 20.3 Å². The van der Waals surface area contributed by atoms with Crippen molar-refractivity contribution in [2.24, 2.45) is 0 Å². The summed E-state index contributed by atoms with van der Waals surface area (Å²) in [5.41, 5.74) is 6.97. The summed E-state index contributed by atoms with van der Waals surface area (Å²) in [4.78, 5) is 23.7. The molecule has 0 aliphatic rings. The molecule has 0 fully saturated rings. The lowest BCUT2D eigenvalue weighted by atomic mass is 10.0. The van der Waals surface area contributed by atoms with Gasteiger partial charge in [-0.2, -0.15) is 0 Å². The molecule has 0 radical (unpaired) electrons. The maximum atomic E-state index is 11.9. The summed E-state index contributed by atoms with van der Waals surface area (Å²) in [7, 11) is 0. The molecule has 0 aromatic heterocycles. The van der Waals surface area contributed by atoms with Gasteiger partial charge in [-0.05, 0) is 63.2 Å². The number of hydrazine groups is 1. The first-order valence-corrected chi connectivity index (χ1v) is 10.3. The molecule has 0 spiro atoms. The SMILES string of the molecule is CC(C)c1ccc(OCC(=O)NNC(=O)COc2ccc(C(C)C)cc2Br)cc1. The average Bonchev–Trinajstić information content (AvgIpc) is 2.69. The smallest absolute Gasteiger partial charge is 0.276 e. The summed E-state index contributed by atoms with van der Waals surface area (Å²) in [6, 6.07) is 13.3. The van der Waals surface area contributed by atoms with Gasteiger partial charge in [0.2, 0.25) is 0 Å². The van der Waals surface area contributed by atoms with Gasteiger partial charge in [0.1, 0.15) is 11.5 Å². The van der Waals surface area contributed by atoms with Gasteiger partial charge >= 0.3 is 0 Å². The summed E-state index contributed by atoms with van der Waals surface area (Å²) in [6.07, 6.45) is 0. The number of carbonyl (C=O) groups excluding carboxylic acids is 2. The Hall–Kier alpha value is -2.54. The molecule has 156 valence electrons. The van der Waals surface area contributed by atoms with Crippen molar-refractivity contribution in [1.82, 2.24) is 10.9 Å². The molecule has 0 saturated carbocycles. The van der Waals surface area contributed by atoms with Crippen molar-refractivity contribution in [3.8, 4) is 11.5 Å². The number of ether oxygens (including phenoxy) is 2. The van der Waals surface area contributed by atoms with Crippen molar-refractivity contribution in [1.29, 1.82) is 0 Å². The molecule has 2 amide bonds. The Labute approximate surface area is 180 Å². The molecule has 7 heteroatoms. The number of hydrogen-bond acceptors (Lipinski definition) is 4. The molecule has 2 rings (SSSR count). The summed E-state index contributed by atoms with van der Waals surface area (Å²) in [6.45, 7) is 7.98. The topological polar surface area (TPSA) is 76.7 Å². The Balaban J connectivity index is 1.71. The zero-order valence-electron chi connectivity index (χ0n) is 17.1. The minimum Gasteiger partial charge on any atom is -0.484 e. The Morgan fingerprint density at radius 3 is 1.86 bits per heavy atom. The summed E-state index contributed by atoms with van der Waals surface area (Å²) < 4.78 is 11.7. The number of carbonyl (C=O) groups is 2. The van der Waals surface area contributed by atoms with E-state index in [1.54, 1.807) is 0 Å². The van der Waals surface area contributed by atoms with Crippen molar-refractivity contribution in [2.45, 2.75) is 39.5 Å². The van der Waals surface area contributed by atoms with Gasteiger partial charge in [0.15, 0.2) is 13.2 Å². The lowest BCUT2D eigenvalue weighted by molar-refractivity contribution is -0.131. The normalized spacial score (nSPS) is 10.7. The number of rotatable bonds is 8. The van der Waals surface area contributed by atoms with E-state index < -0.39 is 11.8 Å². The van der Waals surface area contributed by atoms with Gasteiger partial charge in [0.05, 0.1) is 4.47 Å². The van der Waals surface area contributed by atoms with Gasteiger partial charge in [0.25, 0.3) is 11.8 Å². The fraction of sp³-hybridized carbons (Fsp3) is 0.364. The molecule has 2 aromatic carbocycles. The quantitative estimate of drug-likeness (QED) is 0.573. The third kappa shape index (κ3) is 7.42. The number of benzene rings is 2. The molecule has 2 N–H and O–H groups in total. The van der Waals surface area contributed by atoms with Gasteiger partial charge in [-0.1, -0.05) is 45.9 Å². The number of nitrogens with one attached hydrogen (secondary N) is 2. The van der Waals surface area contributed by atoms with E-state index in [0.717, 1.165) is 4.47 Å². The minimum absolute atomic E-state index is 0.204. The van der Waals surface area contributed by atoms with E-state index in [1.165, 1.54) is 11.1 Å². The van der Waals surface area contributed by atoms with E-state index in [0.29, 0.717) is 23.3 Å². The summed E-state index contributed by atoms with van der Waals surface area (Å²) >= 11 is 3.44. The molecule has 29 heavy (non-hydrogen) atoms. The highest BCUT2D eigenvalue weighted by Crippen LogP contribution is 2.28. The van der Waals surface area contributed by atoms with Gasteiger partial charge in [-0.25, -0.2) is 0 Å². The zero-order chi connectivity index (χ0) is 21.4. The fourth-order valence-corrected chi connectivity index (χ4v) is 2.96. The van der Waals surface area contributed by atoms with Crippen LogP contribution in [-0.2, 0) is 9.59 Å². The summed E-state index contributed by atoms with van der Waals surface area (Å²) in [5.74, 6) is 1.04. The average molecular weight is 463 g/mol. The van der Waals surface area contributed by atoms with Crippen LogP contribution in [0.2, 0.25) is 0 Å². The molecule has 0 saturated heterocycles. The van der Waals surface area contributed by atoms with Crippen LogP contribution in [0.5, 0.6) is 11.5 Å². The molecule has 0 atom stereocenters. The van der Waals surface area contributed by atoms with Crippen molar-refractivity contribution in [2.75, 3.05) is 13.2 Å². The molecule has 0 heterocycles. The second-order valence-corrected chi connectivity index (χ2v) is 8.10. The molecule has 0 bridgehead atoms. The first-order valence-electron chi connectivity index (χ1n) is 9.49. The van der Waals surface area contributed by atoms with E-state index >= 15 is 0 Å². The maximum Gasteiger partial charge on any atom is 0.276 e. The number of amides is 2. The third-order valence-electron chi connectivity index (χ3n) is 4.24. The molecular weight excluding hydrogens is 436 g/mol. The maximum absolute atomic E-state index is 11.9. The highest BCUT2D eigenvalue weighted by Gasteiger charge is 2.10. The van der Waals surface area contributed by atoms with Crippen LogP contribution in [0, 0.1) is 0 Å². The van der Waals surface area contributed by atoms with Crippen LogP contribution in [0.1, 0.15) is 50.7 Å². The van der Waals surface area contributed by atoms with Crippen LogP contribution in [0.4, 0.5) is 0 Å². The molecule has 2 aromatic rings. The molecule has 0 aliphatic heterocycles. The van der Waals surface area contributed by atoms with Crippen molar-refractivity contribution in [3.05, 3.63) is 58.1 Å². The minimum atomic E-state index is -0.473. The second-order valence-electron chi connectivity index (χ2n) is 7.24. The van der Waals surface area contributed by atoms with Gasteiger partial charge < -0.3 is 9.47 Å². The lowest BCUT2D eigenvalue weighted by Gasteiger charge is -2.12. The largest absolute Gasteiger partial charge is 0.484 e. The van der Waals surface area contributed by atoms with Gasteiger partial charge in [0, 0.05) is 0 Å². The van der Waals surface area contributed by atoms with Crippen molar-refractivity contribution in [3.63, 3.8) is 0 Å². The Kier molecular flexibility index (Phi) is 8.51. The number of hydrogen-bond donors (Lipinski definition) is 2. The van der Waals surface area contributed by atoms with Crippen molar-refractivity contribution >= 4 is 27.7 Å². The predicted octanol–water partition coefficient (Wildman–Crippen LogP) is 4.30. The molecule has 0 unspecified atom stereocenters. The molecular formula is C22H27BrN2O4. The monoisotopic (exact) mass is 462 g/mol. The second kappa shape index (κ2) is 10.9. The predicted molar refractivity (Wildman–Crippen MR) is 116 cm³/mol. The van der Waals surface area contributed by atoms with Crippen LogP contribution in [-0.4, -0.2) is 25.0 Å². The Bertz CT molecular complexity index is 835. The lowest BCUT2D eigenvalue weighted by Crippen LogP contribution is -2.45. The van der Waals surface area contributed by atoms with Gasteiger partial charge in [-0.15, -0.1) is 0 Å². The highest BCUT2D eigenvalue weighted by molar-refractivity contribution is 9.10. The Morgan fingerprint density at radius 1 is 0.828 bits per heavy atom. The van der Waals surface area contributed by atoms with Crippen LogP contribution >= 0.6 is 15.9 Å². The van der Waals surface area contributed by atoms with E-state index in [9.17, 15) is 9.59 Å². The van der Waals surface area contributed by atoms with E-state index in [2.05, 4.69) is 54.5 Å². The highest BCUT2D eigenvalue weighted by atomic mass is 79.9. The summed E-state index contributed by atoms with van der Waals surface area (Å²) in [5, 5.41) is 0. The van der Waals surface area contributed by atoms with Crippen molar-refractivity contribution < 1.29 is 19.1 Å². The first-order chi connectivity index (χ1) is 13.8. The van der Waals surface area contributed by atoms with Crippen LogP contribution in [0.3, 0.4) is 0 Å². The van der Waals surface area contributed by atoms with Crippen LogP contribution in [0.15, 0.2) is 46.9 Å². The zero-order valence-corrected chi connectivity index (χ0v) is 18.7. The molecule has 0 aliphatic carbocycles. The fourth-order valence-electron chi connectivity index (χ4n) is 2.45. The van der Waals surface area contributed by atoms with E-state index in [1.807, 2.05) is 42.5 Å². The molecule has 6 nitrogen and oxygen atoms in total. The van der Waals surface area contributed by atoms with Crippen LogP contribution in [0.25, 0.3) is 0 Å². The van der Waals surface area contributed by atoms with E-state index in [-0.39, 0.29) is 13.2 Å². The number of halogens is 1. The Morgan fingerprint density at radius 2 is 1.34 bits per heavy atom. The third-order valence-corrected chi connectivity index (χ3v) is 4.86. The first kappa shape index (κ1) is 22.7. The standard InChI is InChI=1S/C22H27BrN2O4/c1-14(2)16-5-8-18(9-6-16)28-12-21(26)24-25-22(27)13-29-20-10-7-17(15(3)4)11-19(20)23/h5-11,14-15H,12-13H2,1-4H3,(H,24,26)(H,25,27). The van der Waals surface area contributed by atoms with Gasteiger partial charge in [-0.3, -0.25) is 20.4 Å².